The maximum Gasteiger partial charge on any atom is 0.200 e. The van der Waals surface area contributed by atoms with Gasteiger partial charge in [0.05, 0.1) is 24.3 Å². The van der Waals surface area contributed by atoms with E-state index in [9.17, 15) is 61.5 Å². The third-order valence-corrected chi connectivity index (χ3v) is 6.84. The summed E-state index contributed by atoms with van der Waals surface area (Å²) in [4.78, 5) is 0. The third kappa shape index (κ3) is 4.26. The molecule has 0 heterocycles. The molecule has 45 heavy (non-hydrogen) atoms. The summed E-state index contributed by atoms with van der Waals surface area (Å²) in [7, 11) is 5.11. The van der Waals surface area contributed by atoms with Crippen LogP contribution in [-0.4, -0.2) is 26.7 Å². The molecule has 0 amide bonds. The molecule has 235 valence electrons. The molecule has 3 aromatic carbocycles. The van der Waals surface area contributed by atoms with Crippen LogP contribution in [-0.2, 0) is 16.7 Å². The second-order valence-electron chi connectivity index (χ2n) is 9.00. The normalized spacial score (nSPS) is 23.4. The number of alkyl halides is 2. The van der Waals surface area contributed by atoms with Gasteiger partial charge in [0, 0.05) is 30.8 Å². The molecule has 0 aliphatic heterocycles. The zero-order chi connectivity index (χ0) is 33.8. The molecule has 1 aliphatic rings. The van der Waals surface area contributed by atoms with Crippen LogP contribution < -0.4 is 0 Å². The molecular formula is C24H2BF19Li. The molecule has 0 saturated carbocycles. The molecule has 3 aromatic rings. The number of hydrogen-bond acceptors (Lipinski definition) is 0. The van der Waals surface area contributed by atoms with Gasteiger partial charge in [0.2, 0.25) is 17.5 Å². The van der Waals surface area contributed by atoms with Gasteiger partial charge >= 0.3 is 0 Å². The molecule has 0 aromatic heterocycles. The first-order valence-corrected chi connectivity index (χ1v) is 10.8. The van der Waals surface area contributed by atoms with Gasteiger partial charge in [-0.15, -0.1) is 0 Å². The Morgan fingerprint density at radius 2 is 0.622 bits per heavy atom. The number of rotatable bonds is 3. The van der Waals surface area contributed by atoms with Crippen molar-refractivity contribution in [3.63, 3.8) is 0 Å². The summed E-state index contributed by atoms with van der Waals surface area (Å²) in [6, 6.07) is 0. The molecule has 0 N–H and O–H groups in total. The van der Waals surface area contributed by atoms with Crippen LogP contribution in [0.25, 0.3) is 0 Å². The molecule has 3 radical (unpaired) electrons. The van der Waals surface area contributed by atoms with Crippen molar-refractivity contribution in [1.29, 1.82) is 0 Å². The van der Waals surface area contributed by atoms with Crippen LogP contribution in [0.1, 0.15) is 23.1 Å². The fourth-order valence-corrected chi connectivity index (χ4v) is 4.84. The van der Waals surface area contributed by atoms with E-state index in [0.29, 0.717) is 0 Å². The van der Waals surface area contributed by atoms with Gasteiger partial charge in [-0.3, -0.25) is 0 Å². The van der Waals surface area contributed by atoms with Crippen LogP contribution in [0.5, 0.6) is 0 Å². The summed E-state index contributed by atoms with van der Waals surface area (Å²) in [5.41, 5.74) is -23.1. The predicted molar refractivity (Wildman–Crippen MR) is 111 cm³/mol. The minimum Gasteiger partial charge on any atom is -0.234 e. The van der Waals surface area contributed by atoms with Crippen LogP contribution >= 0.6 is 0 Å². The van der Waals surface area contributed by atoms with Crippen LogP contribution in [0.2, 0.25) is 0 Å². The Morgan fingerprint density at radius 3 is 0.933 bits per heavy atom. The van der Waals surface area contributed by atoms with Crippen molar-refractivity contribution in [3.05, 3.63) is 116 Å². The molecule has 1 aliphatic carbocycles. The largest absolute Gasteiger partial charge is 0.234 e. The summed E-state index contributed by atoms with van der Waals surface area (Å²) < 4.78 is 280. The van der Waals surface area contributed by atoms with Crippen LogP contribution in [0.3, 0.4) is 0 Å². The zero-order valence-electron chi connectivity index (χ0n) is 21.0. The van der Waals surface area contributed by atoms with Crippen molar-refractivity contribution < 1.29 is 83.4 Å². The Labute approximate surface area is 249 Å². The van der Waals surface area contributed by atoms with Gasteiger partial charge in [-0.1, -0.05) is 0 Å². The molecule has 0 nitrogen and oxygen atoms in total. The van der Waals surface area contributed by atoms with Crippen molar-refractivity contribution in [2.24, 2.45) is 0 Å². The van der Waals surface area contributed by atoms with E-state index in [2.05, 4.69) is 0 Å². The molecule has 0 saturated heterocycles. The quantitative estimate of drug-likeness (QED) is 0.115. The van der Waals surface area contributed by atoms with Crippen molar-refractivity contribution in [1.82, 2.24) is 0 Å². The third-order valence-electron chi connectivity index (χ3n) is 6.84. The summed E-state index contributed by atoms with van der Waals surface area (Å²) >= 11 is 0. The standard InChI is InChI=1S/C24H2BF19.Li/c25-23(4-8(29)14(35)19(40)15(36)9(4)30)21(42)2(26)1-22(43,3-6(27)12(33)18(39)13(34)7(3)28)24(23,44)5-10(31)16(37)20(41)17(38)11(5)32;/h1H2;. The molecule has 21 heteroatoms. The zero-order valence-corrected chi connectivity index (χ0v) is 21.0. The smallest absolute Gasteiger partial charge is 0.200 e. The van der Waals surface area contributed by atoms with Gasteiger partial charge in [-0.25, -0.2) is 83.4 Å². The van der Waals surface area contributed by atoms with E-state index >= 15 is 22.0 Å². The Balaban J connectivity index is 0.00000552. The molecular weight excluding hydrogens is 667 g/mol. The second kappa shape index (κ2) is 11.2. The van der Waals surface area contributed by atoms with E-state index in [1.54, 1.807) is 0 Å². The van der Waals surface area contributed by atoms with E-state index in [-0.39, 0.29) is 18.9 Å². The minimum atomic E-state index is -6.51. The summed E-state index contributed by atoms with van der Waals surface area (Å²) in [5, 5.41) is -5.83. The second-order valence-corrected chi connectivity index (χ2v) is 9.00. The number of halogens is 19. The molecule has 0 fully saturated rings. The van der Waals surface area contributed by atoms with Crippen molar-refractivity contribution in [2.75, 3.05) is 0 Å². The van der Waals surface area contributed by atoms with E-state index in [1.165, 1.54) is 0 Å². The fourth-order valence-electron chi connectivity index (χ4n) is 4.84. The molecule has 3 atom stereocenters. The van der Waals surface area contributed by atoms with Gasteiger partial charge in [0.1, 0.15) is 11.7 Å². The average Bonchev–Trinajstić information content (AvgIpc) is 2.97. The monoisotopic (exact) mass is 669 g/mol. The predicted octanol–water partition coefficient (Wildman–Crippen LogP) is 8.04. The van der Waals surface area contributed by atoms with E-state index < -0.39 is 139 Å². The Kier molecular flexibility index (Phi) is 9.02. The number of hydrogen-bond donors (Lipinski definition) is 0. The molecule has 0 bridgehead atoms. The fraction of sp³-hybridized carbons (Fsp3) is 0.167. The summed E-state index contributed by atoms with van der Waals surface area (Å²) in [5.74, 6) is -58.4. The van der Waals surface area contributed by atoms with Crippen molar-refractivity contribution in [2.45, 2.75) is 23.1 Å². The average molecular weight is 669 g/mol. The van der Waals surface area contributed by atoms with Gasteiger partial charge < -0.3 is 0 Å². The van der Waals surface area contributed by atoms with E-state index in [4.69, 9.17) is 7.85 Å². The Hall–Kier alpha value is -3.27. The maximum absolute atomic E-state index is 17.4. The first-order chi connectivity index (χ1) is 20.1. The number of allylic oxidation sites excluding steroid dienone is 2. The Morgan fingerprint density at radius 1 is 0.378 bits per heavy atom. The van der Waals surface area contributed by atoms with E-state index in [0.717, 1.165) is 0 Å². The van der Waals surface area contributed by atoms with Gasteiger partial charge in [0.15, 0.2) is 81.1 Å². The molecule has 4 rings (SSSR count). The SMILES string of the molecule is [B]C1(c2c(F)c(F)c(F)c(F)c2F)C(F)=C(F)CC(F)(c2c(F)c(F)c(F)c(F)c2F)C1(F)c1c(F)c(F)c(F)c(F)c1F.[Li]. The van der Waals surface area contributed by atoms with Crippen molar-refractivity contribution >= 4 is 26.7 Å². The summed E-state index contributed by atoms with van der Waals surface area (Å²) in [6.07, 6.45) is -3.22. The van der Waals surface area contributed by atoms with Gasteiger partial charge in [-0.05, 0) is 0 Å². The molecule has 0 spiro atoms. The van der Waals surface area contributed by atoms with Crippen LogP contribution in [0.4, 0.5) is 83.4 Å². The van der Waals surface area contributed by atoms with Gasteiger partial charge in [-0.2, -0.15) is 0 Å². The maximum atomic E-state index is 17.4. The van der Waals surface area contributed by atoms with Crippen LogP contribution in [0.15, 0.2) is 11.7 Å². The van der Waals surface area contributed by atoms with Crippen LogP contribution in [0, 0.1) is 87.3 Å². The van der Waals surface area contributed by atoms with E-state index in [1.807, 2.05) is 0 Å². The first-order valence-electron chi connectivity index (χ1n) is 10.8. The topological polar surface area (TPSA) is 0 Å². The molecule has 3 unspecified atom stereocenters. The Bertz CT molecular complexity index is 1740. The first kappa shape index (κ1) is 36.2. The minimum absolute atomic E-state index is 0. The van der Waals surface area contributed by atoms with Gasteiger partial charge in [0.25, 0.3) is 0 Å². The number of benzene rings is 3. The summed E-state index contributed by atoms with van der Waals surface area (Å²) in [6.45, 7) is 0. The van der Waals surface area contributed by atoms with Crippen molar-refractivity contribution in [3.8, 4) is 0 Å².